The van der Waals surface area contributed by atoms with Crippen LogP contribution in [-0.4, -0.2) is 54.9 Å². The Kier molecular flexibility index (Phi) is 6.79. The zero-order valence-electron chi connectivity index (χ0n) is 19.3. The van der Waals surface area contributed by atoms with Crippen molar-refractivity contribution in [3.05, 3.63) is 64.8 Å². The summed E-state index contributed by atoms with van der Waals surface area (Å²) < 4.78 is 49.8. The summed E-state index contributed by atoms with van der Waals surface area (Å²) in [6, 6.07) is 13.0. The third-order valence-electron chi connectivity index (χ3n) is 6.27. The summed E-state index contributed by atoms with van der Waals surface area (Å²) in [6.45, 7) is 0.744. The number of nitrogens with two attached hydrogens (primary N) is 1. The molecule has 1 amide bonds. The van der Waals surface area contributed by atoms with Gasteiger partial charge in [0.2, 0.25) is 5.91 Å². The van der Waals surface area contributed by atoms with Gasteiger partial charge >= 0.3 is 10.1 Å². The Morgan fingerprint density at radius 3 is 2.40 bits per heavy atom. The lowest BCUT2D eigenvalue weighted by Gasteiger charge is -2.44. The zero-order chi connectivity index (χ0) is 25.2. The number of carbonyl (C=O) groups is 1. The molecule has 0 radical (unpaired) electrons. The summed E-state index contributed by atoms with van der Waals surface area (Å²) >= 11 is 0. The molecule has 0 bridgehead atoms. The lowest BCUT2D eigenvalue weighted by atomic mass is 9.80. The van der Waals surface area contributed by atoms with Crippen LogP contribution in [-0.2, 0) is 39.8 Å². The quantitative estimate of drug-likeness (QED) is 0.413. The molecule has 0 saturated heterocycles. The highest BCUT2D eigenvalue weighted by molar-refractivity contribution is 7.85. The van der Waals surface area contributed by atoms with E-state index in [2.05, 4.69) is 10.3 Å². The number of rotatable bonds is 9. The Balaban J connectivity index is 1.89. The SMILES string of the molecule is COc1cc2c(cc1OC)CN(C(CC(N)=O)(Cc1ccccc1)c1nonc1S(=O)(=O)O)CC2. The van der Waals surface area contributed by atoms with Crippen molar-refractivity contribution in [2.24, 2.45) is 5.73 Å². The molecular weight excluding hydrogens is 476 g/mol. The van der Waals surface area contributed by atoms with E-state index in [9.17, 15) is 17.8 Å². The van der Waals surface area contributed by atoms with Gasteiger partial charge in [0.25, 0.3) is 5.03 Å². The summed E-state index contributed by atoms with van der Waals surface area (Å²) in [5.74, 6) is 0.462. The standard InChI is InChI=1S/C23H26N4O7S/c1-32-18-10-16-8-9-27(14-17(16)11-19(18)33-2)23(13-20(24)28,12-15-6-4-3-5-7-15)21-22(26-34-25-21)35(29,30)31/h3-7,10-11H,8-9,12-14H2,1-2H3,(H2,24,28)(H,29,30,31). The zero-order valence-corrected chi connectivity index (χ0v) is 20.1. The summed E-state index contributed by atoms with van der Waals surface area (Å²) in [5, 5.41) is 6.59. The first-order valence-corrected chi connectivity index (χ1v) is 12.2. The van der Waals surface area contributed by atoms with Crippen LogP contribution in [0.25, 0.3) is 0 Å². The van der Waals surface area contributed by atoms with Crippen molar-refractivity contribution >= 4 is 16.0 Å². The number of hydrogen-bond donors (Lipinski definition) is 2. The highest BCUT2D eigenvalue weighted by Gasteiger charge is 2.48. The van der Waals surface area contributed by atoms with Crippen molar-refractivity contribution in [1.82, 2.24) is 15.2 Å². The van der Waals surface area contributed by atoms with Crippen LogP contribution in [0.2, 0.25) is 0 Å². The average molecular weight is 503 g/mol. The molecule has 12 heteroatoms. The number of nitrogens with zero attached hydrogens (tertiary/aromatic N) is 3. The molecular formula is C23H26N4O7S. The Hall–Kier alpha value is -3.48. The molecule has 186 valence electrons. The predicted octanol–water partition coefficient (Wildman–Crippen LogP) is 1.71. The molecule has 2 aromatic carbocycles. The van der Waals surface area contributed by atoms with E-state index in [1.54, 1.807) is 7.11 Å². The molecule has 1 atom stereocenters. The lowest BCUT2D eigenvalue weighted by Crippen LogP contribution is -2.52. The van der Waals surface area contributed by atoms with Gasteiger partial charge in [0.05, 0.1) is 26.2 Å². The molecule has 1 unspecified atom stereocenters. The maximum absolute atomic E-state index is 12.4. The Bertz CT molecular complexity index is 1330. The number of benzene rings is 2. The van der Waals surface area contributed by atoms with E-state index in [0.29, 0.717) is 31.0 Å². The first-order valence-electron chi connectivity index (χ1n) is 10.8. The van der Waals surface area contributed by atoms with E-state index in [-0.39, 0.29) is 18.5 Å². The summed E-state index contributed by atoms with van der Waals surface area (Å²) in [4.78, 5) is 14.3. The van der Waals surface area contributed by atoms with Crippen LogP contribution in [0.1, 0.15) is 28.8 Å². The molecule has 4 rings (SSSR count). The molecule has 0 saturated carbocycles. The van der Waals surface area contributed by atoms with Crippen LogP contribution in [0, 0.1) is 0 Å². The van der Waals surface area contributed by atoms with Gasteiger partial charge in [0, 0.05) is 13.1 Å². The molecule has 3 N–H and O–H groups in total. The topological polar surface area (TPSA) is 158 Å². The minimum atomic E-state index is -4.80. The van der Waals surface area contributed by atoms with Gasteiger partial charge in [-0.3, -0.25) is 14.2 Å². The van der Waals surface area contributed by atoms with Gasteiger partial charge in [-0.05, 0) is 46.8 Å². The van der Waals surface area contributed by atoms with Crippen LogP contribution in [0.3, 0.4) is 0 Å². The molecule has 11 nitrogen and oxygen atoms in total. The second-order valence-corrected chi connectivity index (χ2v) is 9.71. The van der Waals surface area contributed by atoms with Gasteiger partial charge in [0.15, 0.2) is 11.5 Å². The number of carbonyl (C=O) groups excluding carboxylic acids is 1. The number of hydrogen-bond acceptors (Lipinski definition) is 9. The Morgan fingerprint density at radius 1 is 1.14 bits per heavy atom. The fourth-order valence-corrected chi connectivity index (χ4v) is 5.31. The fourth-order valence-electron chi connectivity index (χ4n) is 4.71. The number of amides is 1. The van der Waals surface area contributed by atoms with E-state index < -0.39 is 26.6 Å². The van der Waals surface area contributed by atoms with Gasteiger partial charge < -0.3 is 15.2 Å². The molecule has 0 fully saturated rings. The van der Waals surface area contributed by atoms with Gasteiger partial charge in [-0.25, -0.2) is 4.63 Å². The van der Waals surface area contributed by atoms with E-state index in [0.717, 1.165) is 16.7 Å². The highest BCUT2D eigenvalue weighted by atomic mass is 32.2. The Labute approximate surface area is 202 Å². The maximum atomic E-state index is 12.4. The van der Waals surface area contributed by atoms with E-state index >= 15 is 0 Å². The van der Waals surface area contributed by atoms with E-state index in [1.807, 2.05) is 47.4 Å². The molecule has 3 aromatic rings. The normalized spacial score (nSPS) is 15.7. The van der Waals surface area contributed by atoms with Crippen LogP contribution in [0.5, 0.6) is 11.5 Å². The molecule has 1 aliphatic heterocycles. The second-order valence-electron chi connectivity index (χ2n) is 8.38. The highest BCUT2D eigenvalue weighted by Crippen LogP contribution is 2.42. The number of ether oxygens (including phenoxy) is 2. The molecule has 0 spiro atoms. The minimum Gasteiger partial charge on any atom is -0.493 e. The number of methoxy groups -OCH3 is 2. The monoisotopic (exact) mass is 502 g/mol. The average Bonchev–Trinajstić information content (AvgIpc) is 3.34. The van der Waals surface area contributed by atoms with Crippen LogP contribution >= 0.6 is 0 Å². The van der Waals surface area contributed by atoms with Crippen molar-refractivity contribution in [3.63, 3.8) is 0 Å². The van der Waals surface area contributed by atoms with Crippen molar-refractivity contribution in [3.8, 4) is 11.5 Å². The van der Waals surface area contributed by atoms with Crippen molar-refractivity contribution in [2.45, 2.75) is 36.4 Å². The largest absolute Gasteiger partial charge is 0.493 e. The smallest absolute Gasteiger partial charge is 0.317 e. The number of fused-ring (bicyclic) bond motifs is 1. The van der Waals surface area contributed by atoms with Crippen molar-refractivity contribution < 1.29 is 31.9 Å². The molecule has 35 heavy (non-hydrogen) atoms. The third-order valence-corrected chi connectivity index (χ3v) is 7.03. The summed E-state index contributed by atoms with van der Waals surface area (Å²) in [6.07, 6.45) is 0.439. The molecule has 1 aliphatic rings. The number of primary amides is 1. The minimum absolute atomic E-state index is 0.163. The maximum Gasteiger partial charge on any atom is 0.317 e. The second kappa shape index (κ2) is 9.64. The molecule has 0 aliphatic carbocycles. The van der Waals surface area contributed by atoms with E-state index in [4.69, 9.17) is 19.8 Å². The summed E-state index contributed by atoms with van der Waals surface area (Å²) in [5.41, 5.74) is 6.88. The van der Waals surface area contributed by atoms with Gasteiger partial charge in [-0.2, -0.15) is 8.42 Å². The molecule has 1 aromatic heterocycles. The fraction of sp³-hybridized carbons (Fsp3) is 0.348. The predicted molar refractivity (Wildman–Crippen MR) is 123 cm³/mol. The first kappa shape index (κ1) is 24.6. The lowest BCUT2D eigenvalue weighted by molar-refractivity contribution is -0.122. The summed E-state index contributed by atoms with van der Waals surface area (Å²) in [7, 11) is -1.70. The number of aromatic nitrogens is 2. The van der Waals surface area contributed by atoms with Crippen molar-refractivity contribution in [2.75, 3.05) is 20.8 Å². The van der Waals surface area contributed by atoms with Gasteiger partial charge in [-0.15, -0.1) is 0 Å². The third kappa shape index (κ3) is 4.85. The first-order chi connectivity index (χ1) is 16.7. The van der Waals surface area contributed by atoms with E-state index in [1.165, 1.54) is 7.11 Å². The van der Waals surface area contributed by atoms with Gasteiger partial charge in [0.1, 0.15) is 5.69 Å². The van der Waals surface area contributed by atoms with Crippen LogP contribution in [0.4, 0.5) is 0 Å². The van der Waals surface area contributed by atoms with Crippen molar-refractivity contribution in [1.29, 1.82) is 0 Å². The van der Waals surface area contributed by atoms with Crippen LogP contribution < -0.4 is 15.2 Å². The Morgan fingerprint density at radius 2 is 1.80 bits per heavy atom. The van der Waals surface area contributed by atoms with Gasteiger partial charge in [-0.1, -0.05) is 35.5 Å². The van der Waals surface area contributed by atoms with Crippen LogP contribution in [0.15, 0.2) is 52.1 Å². The molecule has 2 heterocycles.